The number of halogens is 3. The summed E-state index contributed by atoms with van der Waals surface area (Å²) in [5, 5.41) is 4.73. The van der Waals surface area contributed by atoms with Crippen LogP contribution in [0.1, 0.15) is 0 Å². The first-order chi connectivity index (χ1) is 6.62. The Kier molecular flexibility index (Phi) is 5.52. The second-order valence-corrected chi connectivity index (χ2v) is 4.45. The molecule has 1 aromatic rings. The number of sulfonamides is 1. The first-order valence-electron chi connectivity index (χ1n) is 3.74. The van der Waals surface area contributed by atoms with Crippen LogP contribution in [0.4, 0.5) is 18.6 Å². The fourth-order valence-electron chi connectivity index (χ4n) is 1.03. The Morgan fingerprint density at radius 3 is 2.00 bits per heavy atom. The minimum atomic E-state index is -5.19. The number of primary sulfonamides is 1. The van der Waals surface area contributed by atoms with E-state index in [1.165, 1.54) is 0 Å². The molecule has 0 aliphatic rings. The van der Waals surface area contributed by atoms with Crippen LogP contribution >= 0.6 is 0 Å². The molecule has 10 heteroatoms. The summed E-state index contributed by atoms with van der Waals surface area (Å²) in [5.41, 5.74) is 3.69. The SMILES string of the molecule is Nc1cc([B-](F)(F)F)ccc1S(N)(=O)=O.[K+]. The second kappa shape index (κ2) is 5.38. The Bertz CT molecular complexity index is 491. The predicted octanol–water partition coefficient (Wildman–Crippen LogP) is -3.03. The minimum absolute atomic E-state index is 0. The van der Waals surface area contributed by atoms with Gasteiger partial charge in [-0.3, -0.25) is 0 Å². The van der Waals surface area contributed by atoms with E-state index in [4.69, 9.17) is 10.9 Å². The third kappa shape index (κ3) is 4.02. The Morgan fingerprint density at radius 2 is 1.69 bits per heavy atom. The molecule has 0 bridgehead atoms. The van der Waals surface area contributed by atoms with Crippen molar-refractivity contribution in [2.75, 3.05) is 5.73 Å². The van der Waals surface area contributed by atoms with E-state index in [1.54, 1.807) is 0 Å². The molecule has 0 spiro atoms. The first-order valence-corrected chi connectivity index (χ1v) is 5.29. The van der Waals surface area contributed by atoms with Crippen molar-refractivity contribution in [3.05, 3.63) is 18.2 Å². The van der Waals surface area contributed by atoms with Crippen molar-refractivity contribution in [2.24, 2.45) is 5.14 Å². The van der Waals surface area contributed by atoms with Crippen molar-refractivity contribution >= 4 is 28.2 Å². The van der Waals surface area contributed by atoms with Gasteiger partial charge in [-0.05, 0) is 6.07 Å². The molecule has 0 unspecified atom stereocenters. The molecule has 0 heterocycles. The van der Waals surface area contributed by atoms with Gasteiger partial charge in [-0.1, -0.05) is 12.1 Å². The van der Waals surface area contributed by atoms with Crippen LogP contribution in [0.3, 0.4) is 0 Å². The molecule has 16 heavy (non-hydrogen) atoms. The van der Waals surface area contributed by atoms with Crippen molar-refractivity contribution in [3.63, 3.8) is 0 Å². The van der Waals surface area contributed by atoms with Crippen LogP contribution in [0.5, 0.6) is 0 Å². The van der Waals surface area contributed by atoms with E-state index >= 15 is 0 Å². The predicted molar refractivity (Wildman–Crippen MR) is 50.9 cm³/mol. The zero-order valence-electron chi connectivity index (χ0n) is 8.32. The molecule has 1 rings (SSSR count). The summed E-state index contributed by atoms with van der Waals surface area (Å²) >= 11 is 0. The molecule has 0 saturated heterocycles. The Balaban J connectivity index is 0.00000225. The number of nitrogen functional groups attached to an aromatic ring is 1. The van der Waals surface area contributed by atoms with E-state index < -0.39 is 33.0 Å². The van der Waals surface area contributed by atoms with E-state index in [0.29, 0.717) is 12.1 Å². The molecule has 0 fully saturated rings. The van der Waals surface area contributed by atoms with Gasteiger partial charge in [0.15, 0.2) is 0 Å². The van der Waals surface area contributed by atoms with E-state index in [1.807, 2.05) is 0 Å². The third-order valence-electron chi connectivity index (χ3n) is 1.72. The average molecular weight is 278 g/mol. The smallest absolute Gasteiger partial charge is 0.445 e. The van der Waals surface area contributed by atoms with E-state index in [9.17, 15) is 21.4 Å². The van der Waals surface area contributed by atoms with Gasteiger partial charge in [-0.15, -0.1) is 5.46 Å². The molecule has 4 nitrogen and oxygen atoms in total. The number of rotatable bonds is 2. The van der Waals surface area contributed by atoms with Crippen LogP contribution in [0.25, 0.3) is 0 Å². The van der Waals surface area contributed by atoms with Crippen molar-refractivity contribution in [2.45, 2.75) is 4.90 Å². The van der Waals surface area contributed by atoms with E-state index in [-0.39, 0.29) is 51.4 Å². The van der Waals surface area contributed by atoms with Gasteiger partial charge in [0.05, 0.1) is 0 Å². The maximum atomic E-state index is 12.2. The summed E-state index contributed by atoms with van der Waals surface area (Å²) in [4.78, 5) is -0.508. The maximum Gasteiger partial charge on any atom is 1.00 e. The normalized spacial score (nSPS) is 12.0. The van der Waals surface area contributed by atoms with Crippen LogP contribution in [-0.4, -0.2) is 15.4 Å². The number of hydrogen-bond acceptors (Lipinski definition) is 3. The molecule has 0 amide bonds. The Labute approximate surface area is 133 Å². The third-order valence-corrected chi connectivity index (χ3v) is 2.70. The summed E-state index contributed by atoms with van der Waals surface area (Å²) in [5.74, 6) is 0. The van der Waals surface area contributed by atoms with Crippen LogP contribution < -0.4 is 67.7 Å². The van der Waals surface area contributed by atoms with Gasteiger partial charge in [0.2, 0.25) is 10.0 Å². The van der Waals surface area contributed by atoms with Gasteiger partial charge in [0.25, 0.3) is 0 Å². The van der Waals surface area contributed by atoms with Gasteiger partial charge >= 0.3 is 58.4 Å². The molecule has 0 aromatic heterocycles. The zero-order chi connectivity index (χ0) is 11.9. The number of benzene rings is 1. The Morgan fingerprint density at radius 1 is 1.19 bits per heavy atom. The monoisotopic (exact) mass is 278 g/mol. The van der Waals surface area contributed by atoms with Gasteiger partial charge in [0, 0.05) is 5.69 Å². The van der Waals surface area contributed by atoms with Crippen LogP contribution in [-0.2, 0) is 10.0 Å². The van der Waals surface area contributed by atoms with Crippen LogP contribution in [0, 0.1) is 0 Å². The molecule has 0 radical (unpaired) electrons. The van der Waals surface area contributed by atoms with Crippen molar-refractivity contribution in [1.82, 2.24) is 0 Å². The van der Waals surface area contributed by atoms with E-state index in [2.05, 4.69) is 0 Å². The molecule has 84 valence electrons. The molecule has 0 aliphatic heterocycles. The Hall–Kier alpha value is 0.421. The van der Waals surface area contributed by atoms with Gasteiger partial charge < -0.3 is 18.7 Å². The second-order valence-electron chi connectivity index (χ2n) is 2.92. The molecule has 1 aromatic carbocycles. The molecule has 4 N–H and O–H groups in total. The summed E-state index contributed by atoms with van der Waals surface area (Å²) < 4.78 is 58.3. The fraction of sp³-hybridized carbons (Fsp3) is 0. The molecule has 0 aliphatic carbocycles. The summed E-state index contributed by atoms with van der Waals surface area (Å²) in [6.45, 7) is -5.19. The fourth-order valence-corrected chi connectivity index (χ4v) is 1.67. The quantitative estimate of drug-likeness (QED) is 0.446. The summed E-state index contributed by atoms with van der Waals surface area (Å²) in [7, 11) is -4.08. The molecular formula is C6H7BF3KN2O2S. The summed E-state index contributed by atoms with van der Waals surface area (Å²) in [6, 6.07) is 1.94. The van der Waals surface area contributed by atoms with Gasteiger partial charge in [0.1, 0.15) is 4.90 Å². The van der Waals surface area contributed by atoms with Gasteiger partial charge in [-0.25, -0.2) is 13.6 Å². The molecular weight excluding hydrogens is 271 g/mol. The summed E-state index contributed by atoms with van der Waals surface area (Å²) in [6.07, 6.45) is 0. The van der Waals surface area contributed by atoms with Crippen LogP contribution in [0.15, 0.2) is 23.1 Å². The number of anilines is 1. The largest absolute Gasteiger partial charge is 1.00 e. The number of hydrogen-bond donors (Lipinski definition) is 2. The first kappa shape index (κ1) is 16.4. The zero-order valence-corrected chi connectivity index (χ0v) is 12.3. The van der Waals surface area contributed by atoms with E-state index in [0.717, 1.165) is 6.07 Å². The van der Waals surface area contributed by atoms with Crippen molar-refractivity contribution in [1.29, 1.82) is 0 Å². The average Bonchev–Trinajstić information content (AvgIpc) is 1.99. The minimum Gasteiger partial charge on any atom is -0.445 e. The number of nitrogens with two attached hydrogens (primary N) is 2. The molecule has 0 atom stereocenters. The standard InChI is InChI=1S/C6H7BF3N2O2S.K/c8-7(9,10)4-1-2-6(5(11)3-4)15(12,13)14;/h1-3H,11H2,(H2,12,13,14);/q-1;+1. The van der Waals surface area contributed by atoms with Crippen molar-refractivity contribution < 1.29 is 72.7 Å². The maximum absolute atomic E-state index is 12.2. The van der Waals surface area contributed by atoms with Crippen molar-refractivity contribution in [3.8, 4) is 0 Å². The van der Waals surface area contributed by atoms with Crippen LogP contribution in [0.2, 0.25) is 0 Å². The van der Waals surface area contributed by atoms with Gasteiger partial charge in [-0.2, -0.15) is 0 Å². The molecule has 0 saturated carbocycles. The topological polar surface area (TPSA) is 86.2 Å².